The van der Waals surface area contributed by atoms with Gasteiger partial charge in [0.15, 0.2) is 0 Å². The van der Waals surface area contributed by atoms with Crippen molar-refractivity contribution in [2.75, 3.05) is 6.54 Å². The van der Waals surface area contributed by atoms with Crippen LogP contribution in [0, 0.1) is 4.91 Å². The minimum absolute atomic E-state index is 0.114. The first-order chi connectivity index (χ1) is 6.34. The standard InChI is InChI=1S/C9H16N2O2/c12-9-7-5-3-1-2-4-6-8-11(9)10-13/h1-8H2. The van der Waals surface area contributed by atoms with Gasteiger partial charge in [-0.3, -0.25) is 4.79 Å². The molecule has 4 heteroatoms. The summed E-state index contributed by atoms with van der Waals surface area (Å²) in [6.45, 7) is 0.502. The van der Waals surface area contributed by atoms with Crippen molar-refractivity contribution in [3.05, 3.63) is 4.91 Å². The van der Waals surface area contributed by atoms with Gasteiger partial charge < -0.3 is 0 Å². The molecular formula is C9H16N2O2. The predicted molar refractivity (Wildman–Crippen MR) is 49.8 cm³/mol. The smallest absolute Gasteiger partial charge is 0.245 e. The molecule has 1 saturated heterocycles. The van der Waals surface area contributed by atoms with Crippen molar-refractivity contribution < 1.29 is 4.79 Å². The topological polar surface area (TPSA) is 49.7 Å². The lowest BCUT2D eigenvalue weighted by Gasteiger charge is -2.14. The van der Waals surface area contributed by atoms with Gasteiger partial charge in [-0.2, -0.15) is 5.01 Å². The molecule has 0 atom stereocenters. The molecule has 1 fully saturated rings. The Labute approximate surface area is 78.2 Å². The Morgan fingerprint density at radius 3 is 2.31 bits per heavy atom. The molecule has 1 aliphatic rings. The summed E-state index contributed by atoms with van der Waals surface area (Å²) in [5.41, 5.74) is 0. The van der Waals surface area contributed by atoms with Gasteiger partial charge in [0, 0.05) is 13.0 Å². The van der Waals surface area contributed by atoms with E-state index in [1.165, 1.54) is 12.8 Å². The second-order valence-corrected chi connectivity index (χ2v) is 3.47. The molecule has 0 saturated carbocycles. The molecule has 74 valence electrons. The van der Waals surface area contributed by atoms with E-state index in [-0.39, 0.29) is 5.91 Å². The molecule has 13 heavy (non-hydrogen) atoms. The van der Waals surface area contributed by atoms with E-state index in [0.29, 0.717) is 13.0 Å². The average Bonchev–Trinajstić information content (AvgIpc) is 2.16. The molecular weight excluding hydrogens is 168 g/mol. The van der Waals surface area contributed by atoms with Crippen LogP contribution in [0.2, 0.25) is 0 Å². The lowest BCUT2D eigenvalue weighted by Crippen LogP contribution is -2.26. The van der Waals surface area contributed by atoms with Gasteiger partial charge in [-0.05, 0) is 12.8 Å². The normalized spacial score (nSPS) is 21.2. The van der Waals surface area contributed by atoms with Crippen molar-refractivity contribution in [2.24, 2.45) is 5.29 Å². The predicted octanol–water partition coefficient (Wildman–Crippen LogP) is 2.24. The van der Waals surface area contributed by atoms with Crippen LogP contribution >= 0.6 is 0 Å². The van der Waals surface area contributed by atoms with Crippen molar-refractivity contribution in [2.45, 2.75) is 44.9 Å². The highest BCUT2D eigenvalue weighted by Crippen LogP contribution is 2.12. The van der Waals surface area contributed by atoms with Crippen LogP contribution < -0.4 is 0 Å². The first-order valence-corrected chi connectivity index (χ1v) is 4.98. The van der Waals surface area contributed by atoms with E-state index in [4.69, 9.17) is 0 Å². The van der Waals surface area contributed by atoms with Crippen LogP contribution in [0.1, 0.15) is 44.9 Å². The Hall–Kier alpha value is -0.930. The molecule has 0 N–H and O–H groups in total. The highest BCUT2D eigenvalue weighted by molar-refractivity contribution is 5.75. The maximum atomic E-state index is 11.3. The zero-order chi connectivity index (χ0) is 9.52. The zero-order valence-electron chi connectivity index (χ0n) is 7.87. The third-order valence-corrected chi connectivity index (χ3v) is 2.40. The van der Waals surface area contributed by atoms with Gasteiger partial charge in [-0.15, -0.1) is 4.91 Å². The maximum absolute atomic E-state index is 11.3. The van der Waals surface area contributed by atoms with E-state index in [1.54, 1.807) is 0 Å². The largest absolute Gasteiger partial charge is 0.273 e. The fourth-order valence-electron chi connectivity index (χ4n) is 1.59. The van der Waals surface area contributed by atoms with Gasteiger partial charge in [0.25, 0.3) is 0 Å². The van der Waals surface area contributed by atoms with Gasteiger partial charge in [0.1, 0.15) is 0 Å². The number of carbonyl (C=O) groups is 1. The van der Waals surface area contributed by atoms with E-state index in [1.807, 2.05) is 0 Å². The molecule has 1 amide bonds. The Kier molecular flexibility index (Phi) is 4.43. The second kappa shape index (κ2) is 5.67. The molecule has 1 heterocycles. The number of nitrogens with zero attached hydrogens (tertiary/aromatic N) is 2. The first-order valence-electron chi connectivity index (χ1n) is 4.98. The monoisotopic (exact) mass is 184 g/mol. The van der Waals surface area contributed by atoms with Crippen LogP contribution in [0.3, 0.4) is 0 Å². The highest BCUT2D eigenvalue weighted by Gasteiger charge is 2.13. The molecule has 0 aromatic rings. The molecule has 0 bridgehead atoms. The fraction of sp³-hybridized carbons (Fsp3) is 0.889. The fourth-order valence-corrected chi connectivity index (χ4v) is 1.59. The summed E-state index contributed by atoms with van der Waals surface area (Å²) in [6, 6.07) is 0. The van der Waals surface area contributed by atoms with E-state index in [9.17, 15) is 9.70 Å². The molecule has 0 unspecified atom stereocenters. The molecule has 0 aromatic heterocycles. The van der Waals surface area contributed by atoms with Gasteiger partial charge >= 0.3 is 0 Å². The van der Waals surface area contributed by atoms with Crippen molar-refractivity contribution in [1.82, 2.24) is 5.01 Å². The second-order valence-electron chi connectivity index (χ2n) is 3.47. The van der Waals surface area contributed by atoms with Gasteiger partial charge in [0.05, 0.1) is 5.29 Å². The van der Waals surface area contributed by atoms with Crippen molar-refractivity contribution >= 4 is 5.91 Å². The lowest BCUT2D eigenvalue weighted by molar-refractivity contribution is -0.131. The number of hydrogen-bond acceptors (Lipinski definition) is 3. The van der Waals surface area contributed by atoms with Crippen molar-refractivity contribution in [3.8, 4) is 0 Å². The molecule has 0 radical (unpaired) electrons. The summed E-state index contributed by atoms with van der Waals surface area (Å²) in [5.74, 6) is -0.114. The van der Waals surface area contributed by atoms with Crippen LogP contribution in [0.25, 0.3) is 0 Å². The Balaban J connectivity index is 2.41. The molecule has 1 aliphatic heterocycles. The van der Waals surface area contributed by atoms with E-state index < -0.39 is 0 Å². The van der Waals surface area contributed by atoms with Crippen LogP contribution in [0.5, 0.6) is 0 Å². The summed E-state index contributed by atoms with van der Waals surface area (Å²) >= 11 is 0. The number of carbonyl (C=O) groups excluding carboxylic acids is 1. The van der Waals surface area contributed by atoms with Crippen LogP contribution in [0.4, 0.5) is 0 Å². The molecule has 0 spiro atoms. The Morgan fingerprint density at radius 2 is 1.62 bits per heavy atom. The summed E-state index contributed by atoms with van der Waals surface area (Å²) in [6.07, 6.45) is 6.88. The molecule has 0 aromatic carbocycles. The Bertz CT molecular complexity index is 182. The van der Waals surface area contributed by atoms with E-state index >= 15 is 0 Å². The minimum Gasteiger partial charge on any atom is -0.273 e. The third-order valence-electron chi connectivity index (χ3n) is 2.40. The molecule has 1 rings (SSSR count). The summed E-state index contributed by atoms with van der Waals surface area (Å²) < 4.78 is 0. The lowest BCUT2D eigenvalue weighted by atomic mass is 10.1. The van der Waals surface area contributed by atoms with Gasteiger partial charge in [0.2, 0.25) is 5.91 Å². The summed E-state index contributed by atoms with van der Waals surface area (Å²) in [7, 11) is 0. The van der Waals surface area contributed by atoms with Gasteiger partial charge in [-0.25, -0.2) is 0 Å². The van der Waals surface area contributed by atoms with E-state index in [2.05, 4.69) is 5.29 Å². The number of hydrogen-bond donors (Lipinski definition) is 0. The van der Waals surface area contributed by atoms with Crippen LogP contribution in [-0.2, 0) is 4.79 Å². The van der Waals surface area contributed by atoms with E-state index in [0.717, 1.165) is 30.7 Å². The summed E-state index contributed by atoms with van der Waals surface area (Å²) in [4.78, 5) is 21.6. The molecule has 4 nitrogen and oxygen atoms in total. The number of rotatable bonds is 1. The molecule has 0 aliphatic carbocycles. The van der Waals surface area contributed by atoms with Crippen LogP contribution in [-0.4, -0.2) is 17.5 Å². The average molecular weight is 184 g/mol. The third kappa shape index (κ3) is 3.53. The van der Waals surface area contributed by atoms with Crippen molar-refractivity contribution in [1.29, 1.82) is 0 Å². The van der Waals surface area contributed by atoms with Crippen molar-refractivity contribution in [3.63, 3.8) is 0 Å². The Morgan fingerprint density at radius 1 is 1.00 bits per heavy atom. The maximum Gasteiger partial charge on any atom is 0.245 e. The zero-order valence-corrected chi connectivity index (χ0v) is 7.87. The first kappa shape index (κ1) is 10.2. The quantitative estimate of drug-likeness (QED) is 0.587. The summed E-state index contributed by atoms with van der Waals surface area (Å²) in [5, 5.41) is 3.81. The van der Waals surface area contributed by atoms with Crippen LogP contribution in [0.15, 0.2) is 5.29 Å². The SMILES string of the molecule is O=NN1CCCCCCCCC1=O. The minimum atomic E-state index is -0.114. The highest BCUT2D eigenvalue weighted by atomic mass is 16.3. The van der Waals surface area contributed by atoms with Gasteiger partial charge in [-0.1, -0.05) is 25.7 Å². The number of amides is 1. The number of nitroso groups, excluding NO2 is 1.